The molecule has 0 saturated heterocycles. The van der Waals surface area contributed by atoms with Gasteiger partial charge in [0.05, 0.1) is 0 Å². The van der Waals surface area contributed by atoms with Gasteiger partial charge in [-0.25, -0.2) is 9.37 Å². The summed E-state index contributed by atoms with van der Waals surface area (Å²) in [5.41, 5.74) is 3.77. The largest absolute Gasteiger partial charge is 0.370 e. The highest BCUT2D eigenvalue weighted by Gasteiger charge is 2.05. The molecule has 2 N–H and O–H groups in total. The lowest BCUT2D eigenvalue weighted by Crippen LogP contribution is -2.08. The van der Waals surface area contributed by atoms with Crippen LogP contribution in [0.1, 0.15) is 16.8 Å². The summed E-state index contributed by atoms with van der Waals surface area (Å²) in [6.07, 6.45) is 0.777. The van der Waals surface area contributed by atoms with E-state index in [0.717, 1.165) is 34.7 Å². The average molecular weight is 371 g/mol. The number of halogens is 2. The van der Waals surface area contributed by atoms with E-state index in [1.54, 1.807) is 12.1 Å². The number of nitrogens with zero attached hydrogens (tertiary/aromatic N) is 2. The van der Waals surface area contributed by atoms with E-state index in [0.29, 0.717) is 17.5 Å². The molecule has 26 heavy (non-hydrogen) atoms. The molecule has 1 aromatic heterocycles. The first-order valence-electron chi connectivity index (χ1n) is 8.37. The zero-order valence-corrected chi connectivity index (χ0v) is 15.4. The fourth-order valence-electron chi connectivity index (χ4n) is 2.50. The third-order valence-corrected chi connectivity index (χ3v) is 4.32. The molecule has 3 aromatic rings. The molecule has 0 spiro atoms. The van der Waals surface area contributed by atoms with Crippen molar-refractivity contribution in [2.24, 2.45) is 0 Å². The molecule has 0 amide bonds. The first kappa shape index (κ1) is 18.1. The van der Waals surface area contributed by atoms with Gasteiger partial charge >= 0.3 is 0 Å². The highest BCUT2D eigenvalue weighted by Crippen LogP contribution is 2.22. The molecule has 0 radical (unpaired) electrons. The highest BCUT2D eigenvalue weighted by atomic mass is 35.5. The van der Waals surface area contributed by atoms with Crippen molar-refractivity contribution in [1.82, 2.24) is 9.97 Å². The van der Waals surface area contributed by atoms with Crippen molar-refractivity contribution >= 4 is 29.1 Å². The fourth-order valence-corrected chi connectivity index (χ4v) is 2.68. The van der Waals surface area contributed by atoms with E-state index in [1.807, 2.05) is 38.1 Å². The molecule has 2 aromatic carbocycles. The Morgan fingerprint density at radius 3 is 2.50 bits per heavy atom. The molecule has 0 saturated carbocycles. The molecule has 1 heterocycles. The second-order valence-corrected chi connectivity index (χ2v) is 6.52. The first-order chi connectivity index (χ1) is 12.5. The Labute approximate surface area is 157 Å². The zero-order chi connectivity index (χ0) is 18.5. The minimum absolute atomic E-state index is 0.222. The van der Waals surface area contributed by atoms with Gasteiger partial charge in [0.1, 0.15) is 11.6 Å². The van der Waals surface area contributed by atoms with Gasteiger partial charge in [0.15, 0.2) is 0 Å². The Morgan fingerprint density at radius 2 is 1.77 bits per heavy atom. The molecule has 0 fully saturated rings. The van der Waals surface area contributed by atoms with Gasteiger partial charge < -0.3 is 10.6 Å². The van der Waals surface area contributed by atoms with E-state index in [-0.39, 0.29) is 5.82 Å². The molecular weight excluding hydrogens is 351 g/mol. The quantitative estimate of drug-likeness (QED) is 0.619. The maximum absolute atomic E-state index is 12.9. The van der Waals surface area contributed by atoms with Crippen LogP contribution in [0, 0.1) is 19.7 Å². The van der Waals surface area contributed by atoms with Crippen LogP contribution in [-0.2, 0) is 6.42 Å². The van der Waals surface area contributed by atoms with Gasteiger partial charge in [-0.05, 0) is 55.7 Å². The lowest BCUT2D eigenvalue weighted by atomic mass is 10.1. The van der Waals surface area contributed by atoms with E-state index < -0.39 is 0 Å². The van der Waals surface area contributed by atoms with Crippen molar-refractivity contribution in [3.05, 3.63) is 76.2 Å². The summed E-state index contributed by atoms with van der Waals surface area (Å²) in [7, 11) is 0. The summed E-state index contributed by atoms with van der Waals surface area (Å²) >= 11 is 6.16. The summed E-state index contributed by atoms with van der Waals surface area (Å²) in [6, 6.07) is 14.1. The number of rotatable bonds is 6. The minimum atomic E-state index is -0.222. The van der Waals surface area contributed by atoms with Crippen LogP contribution in [0.3, 0.4) is 0 Å². The molecule has 3 rings (SSSR count). The van der Waals surface area contributed by atoms with E-state index in [9.17, 15) is 4.39 Å². The number of hydrogen-bond donors (Lipinski definition) is 2. The van der Waals surface area contributed by atoms with E-state index in [2.05, 4.69) is 20.6 Å². The van der Waals surface area contributed by atoms with Crippen molar-refractivity contribution < 1.29 is 4.39 Å². The molecular formula is C20H20ClFN4. The number of benzene rings is 2. The Morgan fingerprint density at radius 1 is 1.00 bits per heavy atom. The van der Waals surface area contributed by atoms with E-state index in [1.165, 1.54) is 12.1 Å². The van der Waals surface area contributed by atoms with Gasteiger partial charge in [-0.2, -0.15) is 4.98 Å². The zero-order valence-electron chi connectivity index (χ0n) is 14.7. The van der Waals surface area contributed by atoms with Crippen molar-refractivity contribution in [1.29, 1.82) is 0 Å². The maximum Gasteiger partial charge on any atom is 0.229 e. The van der Waals surface area contributed by atoms with Gasteiger partial charge in [-0.15, -0.1) is 0 Å². The van der Waals surface area contributed by atoms with Crippen molar-refractivity contribution in [3.63, 3.8) is 0 Å². The summed E-state index contributed by atoms with van der Waals surface area (Å²) in [5, 5.41) is 7.16. The first-order valence-corrected chi connectivity index (χ1v) is 8.74. The number of anilines is 3. The third kappa shape index (κ3) is 4.92. The molecule has 134 valence electrons. The van der Waals surface area contributed by atoms with Crippen molar-refractivity contribution in [3.8, 4) is 0 Å². The fraction of sp³-hybridized carbons (Fsp3) is 0.200. The van der Waals surface area contributed by atoms with Crippen LogP contribution in [0.5, 0.6) is 0 Å². The van der Waals surface area contributed by atoms with E-state index >= 15 is 0 Å². The summed E-state index contributed by atoms with van der Waals surface area (Å²) in [4.78, 5) is 8.90. The van der Waals surface area contributed by atoms with Crippen LogP contribution >= 0.6 is 11.6 Å². The molecule has 0 aliphatic heterocycles. The Hall–Kier alpha value is -2.66. The van der Waals surface area contributed by atoms with Gasteiger partial charge in [0.2, 0.25) is 5.95 Å². The minimum Gasteiger partial charge on any atom is -0.370 e. The Bertz CT molecular complexity index is 897. The predicted molar refractivity (Wildman–Crippen MR) is 105 cm³/mol. The summed E-state index contributed by atoms with van der Waals surface area (Å²) < 4.78 is 12.9. The van der Waals surface area contributed by atoms with Gasteiger partial charge in [-0.1, -0.05) is 29.8 Å². The van der Waals surface area contributed by atoms with Crippen LogP contribution in [-0.4, -0.2) is 16.5 Å². The van der Waals surface area contributed by atoms with Gasteiger partial charge in [0.25, 0.3) is 0 Å². The van der Waals surface area contributed by atoms with Crippen LogP contribution in [0.2, 0.25) is 5.02 Å². The molecule has 0 aliphatic carbocycles. The smallest absolute Gasteiger partial charge is 0.229 e. The lowest BCUT2D eigenvalue weighted by molar-refractivity contribution is 0.627. The number of hydrogen-bond acceptors (Lipinski definition) is 4. The number of aromatic nitrogens is 2. The summed E-state index contributed by atoms with van der Waals surface area (Å²) in [6.45, 7) is 4.57. The molecule has 0 aliphatic rings. The maximum atomic E-state index is 12.9. The normalized spacial score (nSPS) is 10.6. The standard InChI is InChI=1S/C20H20ClFN4/c1-13-3-8-17(12-18(13)21)25-20-24-14(2)11-19(26-20)23-10-9-15-4-6-16(22)7-5-15/h3-8,11-12H,9-10H2,1-2H3,(H2,23,24,25,26). The molecule has 4 nitrogen and oxygen atoms in total. The number of nitrogens with one attached hydrogen (secondary N) is 2. The molecule has 6 heteroatoms. The number of aryl methyl sites for hydroxylation is 2. The van der Waals surface area contributed by atoms with Crippen molar-refractivity contribution in [2.45, 2.75) is 20.3 Å². The molecule has 0 atom stereocenters. The second kappa shape index (κ2) is 8.15. The van der Waals surface area contributed by atoms with Crippen molar-refractivity contribution in [2.75, 3.05) is 17.2 Å². The van der Waals surface area contributed by atoms with E-state index in [4.69, 9.17) is 11.6 Å². The predicted octanol–water partition coefficient (Wildman–Crippen LogP) is 5.28. The molecule has 0 unspecified atom stereocenters. The lowest BCUT2D eigenvalue weighted by Gasteiger charge is -2.11. The summed E-state index contributed by atoms with van der Waals surface area (Å²) in [5.74, 6) is 1.02. The van der Waals surface area contributed by atoms with Crippen LogP contribution in [0.15, 0.2) is 48.5 Å². The van der Waals surface area contributed by atoms with Gasteiger partial charge in [0, 0.05) is 29.0 Å². The SMILES string of the molecule is Cc1cc(NCCc2ccc(F)cc2)nc(Nc2ccc(C)c(Cl)c2)n1. The third-order valence-electron chi connectivity index (χ3n) is 3.92. The van der Waals surface area contributed by atoms with Crippen LogP contribution in [0.4, 0.5) is 21.8 Å². The average Bonchev–Trinajstić information content (AvgIpc) is 2.59. The Kier molecular flexibility index (Phi) is 5.68. The van der Waals surface area contributed by atoms with Crippen LogP contribution in [0.25, 0.3) is 0 Å². The Balaban J connectivity index is 1.65. The van der Waals surface area contributed by atoms with Crippen LogP contribution < -0.4 is 10.6 Å². The monoisotopic (exact) mass is 370 g/mol. The highest BCUT2D eigenvalue weighted by molar-refractivity contribution is 6.31. The topological polar surface area (TPSA) is 49.8 Å². The molecule has 0 bridgehead atoms. The second-order valence-electron chi connectivity index (χ2n) is 6.11. The van der Waals surface area contributed by atoms with Gasteiger partial charge in [-0.3, -0.25) is 0 Å².